The zero-order valence-corrected chi connectivity index (χ0v) is 11.7. The lowest BCUT2D eigenvalue weighted by molar-refractivity contribution is 0.628. The van der Waals surface area contributed by atoms with Gasteiger partial charge in [0.15, 0.2) is 0 Å². The fraction of sp³-hybridized carbons (Fsp3) is 0.267. The lowest BCUT2D eigenvalue weighted by Gasteiger charge is -2.12. The molecular formula is C15H14FN3S. The molecule has 2 aromatic rings. The van der Waals surface area contributed by atoms with Crippen molar-refractivity contribution >= 4 is 33.5 Å². The number of thiophene rings is 1. The van der Waals surface area contributed by atoms with Gasteiger partial charge in [0.05, 0.1) is 16.9 Å². The van der Waals surface area contributed by atoms with Crippen LogP contribution >= 0.6 is 11.3 Å². The molecule has 4 rings (SSSR count). The third kappa shape index (κ3) is 1.73. The van der Waals surface area contributed by atoms with Crippen molar-refractivity contribution in [2.24, 2.45) is 10.7 Å². The van der Waals surface area contributed by atoms with Gasteiger partial charge in [0.2, 0.25) is 0 Å². The number of hydrogen-bond donors (Lipinski definition) is 2. The average Bonchev–Trinajstić information content (AvgIpc) is 2.73. The quantitative estimate of drug-likeness (QED) is 0.773. The summed E-state index contributed by atoms with van der Waals surface area (Å²) in [5, 5.41) is 4.42. The molecule has 0 atom stereocenters. The maximum atomic E-state index is 13.3. The molecule has 0 amide bonds. The Morgan fingerprint density at radius 2 is 2.10 bits per heavy atom. The van der Waals surface area contributed by atoms with E-state index >= 15 is 0 Å². The molecule has 0 radical (unpaired) electrons. The molecule has 3 N–H and O–H groups in total. The van der Waals surface area contributed by atoms with Crippen LogP contribution in [0.5, 0.6) is 0 Å². The zero-order chi connectivity index (χ0) is 13.7. The zero-order valence-electron chi connectivity index (χ0n) is 10.9. The molecule has 2 aliphatic rings. The summed E-state index contributed by atoms with van der Waals surface area (Å²) in [5.41, 5.74) is 9.91. The van der Waals surface area contributed by atoms with Crippen LogP contribution in [-0.2, 0) is 12.8 Å². The van der Waals surface area contributed by atoms with Gasteiger partial charge in [-0.2, -0.15) is 0 Å². The summed E-state index contributed by atoms with van der Waals surface area (Å²) in [6.07, 6.45) is 4.62. The van der Waals surface area contributed by atoms with Crippen LogP contribution in [0.1, 0.15) is 28.8 Å². The van der Waals surface area contributed by atoms with Crippen molar-refractivity contribution in [2.45, 2.75) is 25.7 Å². The van der Waals surface area contributed by atoms with Crippen molar-refractivity contribution in [2.75, 3.05) is 5.32 Å². The van der Waals surface area contributed by atoms with Gasteiger partial charge in [-0.05, 0) is 43.4 Å². The van der Waals surface area contributed by atoms with Crippen LogP contribution in [0.4, 0.5) is 20.8 Å². The predicted octanol–water partition coefficient (Wildman–Crippen LogP) is 3.86. The van der Waals surface area contributed by atoms with E-state index < -0.39 is 0 Å². The number of nitrogens with one attached hydrogen (secondary N) is 1. The Hall–Kier alpha value is -1.88. The smallest absolute Gasteiger partial charge is 0.134 e. The van der Waals surface area contributed by atoms with Gasteiger partial charge in [0.25, 0.3) is 0 Å². The fourth-order valence-electron chi connectivity index (χ4n) is 2.94. The Morgan fingerprint density at radius 1 is 1.25 bits per heavy atom. The largest absolute Gasteiger partial charge is 0.383 e. The lowest BCUT2D eigenvalue weighted by Crippen LogP contribution is -2.15. The van der Waals surface area contributed by atoms with Gasteiger partial charge in [0.1, 0.15) is 16.7 Å². The number of halogens is 1. The molecule has 20 heavy (non-hydrogen) atoms. The van der Waals surface area contributed by atoms with Crippen molar-refractivity contribution in [3.63, 3.8) is 0 Å². The van der Waals surface area contributed by atoms with E-state index in [4.69, 9.17) is 5.73 Å². The molecule has 0 saturated carbocycles. The summed E-state index contributed by atoms with van der Waals surface area (Å²) in [6, 6.07) is 4.57. The van der Waals surface area contributed by atoms with Crippen molar-refractivity contribution in [1.82, 2.24) is 0 Å². The third-order valence-corrected chi connectivity index (χ3v) is 5.08. The van der Waals surface area contributed by atoms with Crippen molar-refractivity contribution in [3.05, 3.63) is 40.0 Å². The second-order valence-electron chi connectivity index (χ2n) is 5.20. The number of amidine groups is 1. The summed E-state index contributed by atoms with van der Waals surface area (Å²) >= 11 is 1.76. The minimum absolute atomic E-state index is 0.297. The SMILES string of the molecule is NC1=Nc2cc(F)ccc2Nc2sc3c(c21)CCCC3. The number of fused-ring (bicyclic) bond motifs is 4. The fourth-order valence-corrected chi connectivity index (χ4v) is 4.25. The van der Waals surface area contributed by atoms with E-state index in [1.165, 1.54) is 35.4 Å². The molecule has 0 saturated heterocycles. The molecule has 2 heterocycles. The second-order valence-corrected chi connectivity index (χ2v) is 6.30. The predicted molar refractivity (Wildman–Crippen MR) is 81.0 cm³/mol. The first-order valence-corrected chi connectivity index (χ1v) is 7.59. The second kappa shape index (κ2) is 4.31. The van der Waals surface area contributed by atoms with Gasteiger partial charge in [0, 0.05) is 10.9 Å². The van der Waals surface area contributed by atoms with E-state index in [1.807, 2.05) is 0 Å². The van der Waals surface area contributed by atoms with Crippen LogP contribution in [0.25, 0.3) is 0 Å². The van der Waals surface area contributed by atoms with E-state index in [2.05, 4.69) is 10.3 Å². The highest BCUT2D eigenvalue weighted by molar-refractivity contribution is 7.16. The minimum atomic E-state index is -0.297. The number of anilines is 2. The molecule has 1 aliphatic heterocycles. The minimum Gasteiger partial charge on any atom is -0.383 e. The summed E-state index contributed by atoms with van der Waals surface area (Å²) in [6.45, 7) is 0. The van der Waals surface area contributed by atoms with Gasteiger partial charge in [-0.3, -0.25) is 0 Å². The molecule has 1 aromatic heterocycles. The van der Waals surface area contributed by atoms with Crippen molar-refractivity contribution < 1.29 is 4.39 Å². The van der Waals surface area contributed by atoms with Crippen LogP contribution in [0.2, 0.25) is 0 Å². The number of benzene rings is 1. The third-order valence-electron chi connectivity index (χ3n) is 3.88. The van der Waals surface area contributed by atoms with E-state index in [1.54, 1.807) is 17.4 Å². The number of rotatable bonds is 0. The van der Waals surface area contributed by atoms with Gasteiger partial charge in [-0.15, -0.1) is 11.3 Å². The highest BCUT2D eigenvalue weighted by atomic mass is 32.1. The molecule has 0 fully saturated rings. The summed E-state index contributed by atoms with van der Waals surface area (Å²) in [7, 11) is 0. The van der Waals surface area contributed by atoms with Crippen LogP contribution in [-0.4, -0.2) is 5.84 Å². The number of aliphatic imine (C=N–C) groups is 1. The van der Waals surface area contributed by atoms with Gasteiger partial charge < -0.3 is 11.1 Å². The summed E-state index contributed by atoms with van der Waals surface area (Å²) in [4.78, 5) is 5.83. The molecule has 3 nitrogen and oxygen atoms in total. The Bertz CT molecular complexity index is 733. The molecule has 0 bridgehead atoms. The Labute approximate surface area is 120 Å². The van der Waals surface area contributed by atoms with E-state index in [0.29, 0.717) is 11.5 Å². The van der Waals surface area contributed by atoms with E-state index in [9.17, 15) is 4.39 Å². The first-order chi connectivity index (χ1) is 9.72. The van der Waals surface area contributed by atoms with Crippen LogP contribution in [0.3, 0.4) is 0 Å². The lowest BCUT2D eigenvalue weighted by atomic mass is 9.95. The van der Waals surface area contributed by atoms with Gasteiger partial charge in [-0.25, -0.2) is 9.38 Å². The number of nitrogens with two attached hydrogens (primary N) is 1. The highest BCUT2D eigenvalue weighted by Crippen LogP contribution is 2.43. The van der Waals surface area contributed by atoms with Gasteiger partial charge in [-0.1, -0.05) is 0 Å². The Kier molecular flexibility index (Phi) is 2.57. The molecule has 1 aromatic carbocycles. The Balaban J connectivity index is 1.92. The van der Waals surface area contributed by atoms with Crippen molar-refractivity contribution in [1.29, 1.82) is 0 Å². The summed E-state index contributed by atoms with van der Waals surface area (Å²) < 4.78 is 13.3. The highest BCUT2D eigenvalue weighted by Gasteiger charge is 2.25. The summed E-state index contributed by atoms with van der Waals surface area (Å²) in [5.74, 6) is 0.200. The van der Waals surface area contributed by atoms with Crippen molar-refractivity contribution in [3.8, 4) is 0 Å². The number of hydrogen-bond acceptors (Lipinski definition) is 4. The number of aryl methyl sites for hydroxylation is 1. The van der Waals surface area contributed by atoms with Crippen LogP contribution in [0.15, 0.2) is 23.2 Å². The average molecular weight is 287 g/mol. The normalized spacial score (nSPS) is 16.4. The van der Waals surface area contributed by atoms with Crippen LogP contribution < -0.4 is 11.1 Å². The molecule has 0 unspecified atom stereocenters. The van der Waals surface area contributed by atoms with E-state index in [-0.39, 0.29) is 5.82 Å². The maximum Gasteiger partial charge on any atom is 0.134 e. The Morgan fingerprint density at radius 3 is 3.00 bits per heavy atom. The topological polar surface area (TPSA) is 50.4 Å². The first kappa shape index (κ1) is 11.9. The first-order valence-electron chi connectivity index (χ1n) is 6.78. The van der Waals surface area contributed by atoms with Crippen LogP contribution in [0, 0.1) is 5.82 Å². The number of nitrogens with zero attached hydrogens (tertiary/aromatic N) is 1. The molecule has 1 aliphatic carbocycles. The molecular weight excluding hydrogens is 273 g/mol. The van der Waals surface area contributed by atoms with Gasteiger partial charge >= 0.3 is 0 Å². The maximum absolute atomic E-state index is 13.3. The van der Waals surface area contributed by atoms with E-state index in [0.717, 1.165) is 29.1 Å². The standard InChI is InChI=1S/C15H14FN3S/c16-8-5-6-10-11(7-8)18-14(17)13-9-3-1-2-4-12(9)20-15(13)19-10/h5-7,19H,1-4H2,(H2,17,18). The molecule has 0 spiro atoms. The molecule has 102 valence electrons. The monoisotopic (exact) mass is 287 g/mol. The molecule has 5 heteroatoms.